The minimum atomic E-state index is -3.44. The van der Waals surface area contributed by atoms with Gasteiger partial charge in [-0.25, -0.2) is 12.7 Å². The topological polar surface area (TPSA) is 75.7 Å². The molecule has 140 valence electrons. The average Bonchev–Trinajstić information content (AvgIpc) is 2.57. The van der Waals surface area contributed by atoms with Crippen molar-refractivity contribution in [1.82, 2.24) is 9.62 Å². The lowest BCUT2D eigenvalue weighted by molar-refractivity contribution is -0.127. The van der Waals surface area contributed by atoms with Gasteiger partial charge < -0.3 is 10.1 Å². The van der Waals surface area contributed by atoms with Crippen LogP contribution in [-0.4, -0.2) is 51.5 Å². The zero-order valence-electron chi connectivity index (χ0n) is 14.6. The second-order valence-corrected chi connectivity index (χ2v) is 8.76. The van der Waals surface area contributed by atoms with Crippen molar-refractivity contribution in [2.45, 2.75) is 31.6 Å². The van der Waals surface area contributed by atoms with Gasteiger partial charge in [0, 0.05) is 37.2 Å². The highest BCUT2D eigenvalue weighted by Gasteiger charge is 2.31. The van der Waals surface area contributed by atoms with Gasteiger partial charge in [-0.1, -0.05) is 29.8 Å². The summed E-state index contributed by atoms with van der Waals surface area (Å²) in [6.07, 6.45) is 1.04. The number of benzene rings is 1. The predicted molar refractivity (Wildman–Crippen MR) is 97.9 cm³/mol. The van der Waals surface area contributed by atoms with Gasteiger partial charge in [-0.2, -0.15) is 0 Å². The van der Waals surface area contributed by atoms with E-state index < -0.39 is 10.0 Å². The molecule has 1 amide bonds. The summed E-state index contributed by atoms with van der Waals surface area (Å²) in [7, 11) is -1.85. The molecule has 6 nitrogen and oxygen atoms in total. The second kappa shape index (κ2) is 8.98. The minimum absolute atomic E-state index is 0.0345. The van der Waals surface area contributed by atoms with Crippen LogP contribution in [0.3, 0.4) is 0 Å². The van der Waals surface area contributed by atoms with Gasteiger partial charge in [-0.05, 0) is 31.4 Å². The van der Waals surface area contributed by atoms with Gasteiger partial charge in [0.2, 0.25) is 15.9 Å². The number of hydrogen-bond acceptors (Lipinski definition) is 4. The molecule has 0 bridgehead atoms. The fourth-order valence-corrected chi connectivity index (χ4v) is 4.83. The molecule has 0 saturated carbocycles. The zero-order valence-corrected chi connectivity index (χ0v) is 16.1. The lowest BCUT2D eigenvalue weighted by atomic mass is 9.97. The molecule has 25 heavy (non-hydrogen) atoms. The van der Waals surface area contributed by atoms with E-state index in [0.29, 0.717) is 43.1 Å². The molecule has 1 aromatic carbocycles. The van der Waals surface area contributed by atoms with E-state index in [1.807, 2.05) is 6.92 Å². The third kappa shape index (κ3) is 5.67. The first-order valence-electron chi connectivity index (χ1n) is 8.34. The highest BCUT2D eigenvalue weighted by molar-refractivity contribution is 7.88. The molecule has 0 aromatic heterocycles. The van der Waals surface area contributed by atoms with Gasteiger partial charge in [0.05, 0.1) is 12.4 Å². The lowest BCUT2D eigenvalue weighted by Gasteiger charge is -2.31. The number of ether oxygens (including phenoxy) is 1. The third-order valence-electron chi connectivity index (χ3n) is 4.32. The fourth-order valence-electron chi connectivity index (χ4n) is 2.95. The van der Waals surface area contributed by atoms with E-state index in [0.717, 1.165) is 0 Å². The number of nitrogens with one attached hydrogen (secondary N) is 1. The summed E-state index contributed by atoms with van der Waals surface area (Å²) in [4.78, 5) is 12.2. The summed E-state index contributed by atoms with van der Waals surface area (Å²) in [5.74, 6) is -0.312. The molecule has 1 N–H and O–H groups in total. The minimum Gasteiger partial charge on any atom is -0.383 e. The number of methoxy groups -OCH3 is 1. The molecule has 1 atom stereocenters. The molecule has 0 aliphatic carbocycles. The number of amides is 1. The van der Waals surface area contributed by atoms with Crippen LogP contribution in [0.5, 0.6) is 0 Å². The molecular weight excluding hydrogens is 364 g/mol. The quantitative estimate of drug-likeness (QED) is 0.775. The molecule has 1 unspecified atom stereocenters. The standard InChI is InChI=1S/C17H25ClN2O4S/c1-13(11-24-2)19-17(21)14-7-9-20(10-8-14)25(22,23)12-15-5-3-4-6-16(15)18/h3-6,13-14H,7-12H2,1-2H3,(H,19,21). The van der Waals surface area contributed by atoms with Crippen LogP contribution in [0.1, 0.15) is 25.3 Å². The molecule has 1 heterocycles. The van der Waals surface area contributed by atoms with E-state index in [4.69, 9.17) is 16.3 Å². The zero-order chi connectivity index (χ0) is 18.4. The smallest absolute Gasteiger partial charge is 0.223 e. The van der Waals surface area contributed by atoms with Crippen LogP contribution in [-0.2, 0) is 25.3 Å². The molecule has 2 rings (SSSR count). The summed E-state index contributed by atoms with van der Waals surface area (Å²) in [6, 6.07) is 6.89. The van der Waals surface area contributed by atoms with E-state index >= 15 is 0 Å². The van der Waals surface area contributed by atoms with Gasteiger partial charge >= 0.3 is 0 Å². The third-order valence-corrected chi connectivity index (χ3v) is 6.52. The maximum atomic E-state index is 12.6. The largest absolute Gasteiger partial charge is 0.383 e. The monoisotopic (exact) mass is 388 g/mol. The van der Waals surface area contributed by atoms with Crippen molar-refractivity contribution in [3.8, 4) is 0 Å². The van der Waals surface area contributed by atoms with Crippen molar-refractivity contribution in [2.75, 3.05) is 26.8 Å². The molecule has 0 spiro atoms. The van der Waals surface area contributed by atoms with Crippen LogP contribution in [0.4, 0.5) is 0 Å². The first-order valence-corrected chi connectivity index (χ1v) is 10.3. The Hall–Kier alpha value is -1.15. The fraction of sp³-hybridized carbons (Fsp3) is 0.588. The predicted octanol–water partition coefficient (Wildman–Crippen LogP) is 2.03. The maximum absolute atomic E-state index is 12.6. The summed E-state index contributed by atoms with van der Waals surface area (Å²) in [6.45, 7) is 3.04. The molecule has 8 heteroatoms. The van der Waals surface area contributed by atoms with Crippen LogP contribution < -0.4 is 5.32 Å². The van der Waals surface area contributed by atoms with Gasteiger partial charge in [-0.15, -0.1) is 0 Å². The average molecular weight is 389 g/mol. The van der Waals surface area contributed by atoms with Crippen molar-refractivity contribution in [2.24, 2.45) is 5.92 Å². The van der Waals surface area contributed by atoms with Gasteiger partial charge in [0.15, 0.2) is 0 Å². The first kappa shape index (κ1) is 20.2. The Morgan fingerprint density at radius 2 is 2.00 bits per heavy atom. The molecule has 1 aromatic rings. The number of piperidine rings is 1. The molecule has 1 fully saturated rings. The van der Waals surface area contributed by atoms with Crippen LogP contribution >= 0.6 is 11.6 Å². The van der Waals surface area contributed by atoms with Gasteiger partial charge in [-0.3, -0.25) is 4.79 Å². The summed E-state index contributed by atoms with van der Waals surface area (Å²) in [5, 5.41) is 3.35. The summed E-state index contributed by atoms with van der Waals surface area (Å²) in [5.41, 5.74) is 0.595. The van der Waals surface area contributed by atoms with E-state index in [9.17, 15) is 13.2 Å². The molecular formula is C17H25ClN2O4S. The first-order chi connectivity index (χ1) is 11.8. The molecule has 1 aliphatic rings. The van der Waals surface area contributed by atoms with Crippen molar-refractivity contribution >= 4 is 27.5 Å². The van der Waals surface area contributed by atoms with Gasteiger partial charge in [0.1, 0.15) is 0 Å². The molecule has 0 radical (unpaired) electrons. The van der Waals surface area contributed by atoms with Crippen molar-refractivity contribution < 1.29 is 17.9 Å². The number of carbonyl (C=O) groups excluding carboxylic acids is 1. The number of carbonyl (C=O) groups is 1. The summed E-state index contributed by atoms with van der Waals surface area (Å²) >= 11 is 6.06. The number of sulfonamides is 1. The lowest BCUT2D eigenvalue weighted by Crippen LogP contribution is -2.45. The Morgan fingerprint density at radius 1 is 1.36 bits per heavy atom. The summed E-state index contributed by atoms with van der Waals surface area (Å²) < 4.78 is 31.7. The van der Waals surface area contributed by atoms with Crippen LogP contribution in [0.25, 0.3) is 0 Å². The van der Waals surface area contributed by atoms with Gasteiger partial charge in [0.25, 0.3) is 0 Å². The Labute approximate surface area is 154 Å². The number of hydrogen-bond donors (Lipinski definition) is 1. The number of halogens is 1. The highest BCUT2D eigenvalue weighted by atomic mass is 35.5. The van der Waals surface area contributed by atoms with Crippen LogP contribution in [0.15, 0.2) is 24.3 Å². The number of rotatable bonds is 7. The van der Waals surface area contributed by atoms with Crippen molar-refractivity contribution in [3.63, 3.8) is 0 Å². The van der Waals surface area contributed by atoms with E-state index in [1.165, 1.54) is 4.31 Å². The second-order valence-electron chi connectivity index (χ2n) is 6.39. The van der Waals surface area contributed by atoms with Crippen LogP contribution in [0.2, 0.25) is 5.02 Å². The highest BCUT2D eigenvalue weighted by Crippen LogP contribution is 2.24. The molecule has 1 aliphatic heterocycles. The Bertz CT molecular complexity index is 688. The Balaban J connectivity index is 1.90. The normalized spacial score (nSPS) is 18.0. The van der Waals surface area contributed by atoms with E-state index in [2.05, 4.69) is 5.32 Å². The Kier molecular flexibility index (Phi) is 7.25. The van der Waals surface area contributed by atoms with Crippen molar-refractivity contribution in [1.29, 1.82) is 0 Å². The van der Waals surface area contributed by atoms with Crippen LogP contribution in [0, 0.1) is 5.92 Å². The molecule has 1 saturated heterocycles. The number of nitrogens with zero attached hydrogens (tertiary/aromatic N) is 1. The maximum Gasteiger partial charge on any atom is 0.223 e. The Morgan fingerprint density at radius 3 is 2.60 bits per heavy atom. The van der Waals surface area contributed by atoms with E-state index in [1.54, 1.807) is 31.4 Å². The van der Waals surface area contributed by atoms with E-state index in [-0.39, 0.29) is 23.6 Å². The SMILES string of the molecule is COCC(C)NC(=O)C1CCN(S(=O)(=O)Cc2ccccc2Cl)CC1. The van der Waals surface area contributed by atoms with Crippen molar-refractivity contribution in [3.05, 3.63) is 34.9 Å².